The first-order valence-electron chi connectivity index (χ1n) is 16.1. The normalized spacial score (nSPS) is 13.0. The first-order chi connectivity index (χ1) is 20.5. The fourth-order valence-electron chi connectivity index (χ4n) is 7.32. The summed E-state index contributed by atoms with van der Waals surface area (Å²) in [6.45, 7) is 18.7. The van der Waals surface area contributed by atoms with Gasteiger partial charge in [-0.3, -0.25) is 4.79 Å². The lowest BCUT2D eigenvalue weighted by Crippen LogP contribution is -2.02. The van der Waals surface area contributed by atoms with E-state index in [0.717, 1.165) is 108 Å². The van der Waals surface area contributed by atoms with Gasteiger partial charge in [-0.2, -0.15) is 0 Å². The van der Waals surface area contributed by atoms with Crippen molar-refractivity contribution in [1.29, 1.82) is 0 Å². The first kappa shape index (κ1) is 29.8. The summed E-state index contributed by atoms with van der Waals surface area (Å²) < 4.78 is 2.54. The minimum absolute atomic E-state index is 0.738. The number of carbonyl (C=O) groups excluding carboxylic acids is 1. The molecule has 0 spiro atoms. The van der Waals surface area contributed by atoms with Crippen LogP contribution in [0.1, 0.15) is 118 Å². The van der Waals surface area contributed by atoms with E-state index >= 15 is 0 Å². The van der Waals surface area contributed by atoms with Gasteiger partial charge in [0.1, 0.15) is 0 Å². The van der Waals surface area contributed by atoms with Gasteiger partial charge in [0.2, 0.25) is 0 Å². The maximum absolute atomic E-state index is 12.8. The van der Waals surface area contributed by atoms with Crippen molar-refractivity contribution in [1.82, 2.24) is 19.5 Å². The second kappa shape index (κ2) is 12.2. The van der Waals surface area contributed by atoms with E-state index in [0.29, 0.717) is 0 Å². The summed E-state index contributed by atoms with van der Waals surface area (Å²) in [5.41, 5.74) is 18.0. The van der Waals surface area contributed by atoms with E-state index < -0.39 is 0 Å². The number of aryl methyl sites for hydroxylation is 7. The molecule has 5 rings (SSSR count). The van der Waals surface area contributed by atoms with Crippen LogP contribution in [0.2, 0.25) is 0 Å². The number of hydrogen-bond donors (Lipinski definition) is 1. The third kappa shape index (κ3) is 4.49. The molecule has 0 fully saturated rings. The molecule has 0 amide bonds. The Morgan fingerprint density at radius 2 is 1.14 bits per heavy atom. The van der Waals surface area contributed by atoms with Crippen LogP contribution in [0.5, 0.6) is 0 Å². The molecule has 0 aromatic carbocycles. The molecule has 42 heavy (non-hydrogen) atoms. The van der Waals surface area contributed by atoms with Crippen LogP contribution in [0.15, 0.2) is 12.1 Å². The molecule has 2 aliphatic rings. The summed E-state index contributed by atoms with van der Waals surface area (Å²) >= 11 is 0. The molecule has 5 heteroatoms. The average molecular weight is 563 g/mol. The van der Waals surface area contributed by atoms with Crippen LogP contribution in [-0.4, -0.2) is 25.8 Å². The van der Waals surface area contributed by atoms with Crippen molar-refractivity contribution in [3.63, 3.8) is 0 Å². The van der Waals surface area contributed by atoms with Crippen molar-refractivity contribution in [2.45, 2.75) is 107 Å². The van der Waals surface area contributed by atoms with Crippen LogP contribution in [0.4, 0.5) is 0 Å². The van der Waals surface area contributed by atoms with Crippen molar-refractivity contribution in [2.75, 3.05) is 0 Å². The molecule has 0 radical (unpaired) electrons. The largest absolute Gasteiger partial charge is 0.355 e. The lowest BCUT2D eigenvalue weighted by molar-refractivity contribution is -0.103. The highest BCUT2D eigenvalue weighted by molar-refractivity contribution is 6.19. The number of carbonyl (C=O) groups is 1. The molecule has 3 aromatic heterocycles. The van der Waals surface area contributed by atoms with E-state index in [1.54, 1.807) is 0 Å². The Bertz CT molecular complexity index is 1780. The Labute approximate surface area is 250 Å². The summed E-state index contributed by atoms with van der Waals surface area (Å²) in [4.78, 5) is 27.2. The highest BCUT2D eigenvalue weighted by Crippen LogP contribution is 2.39. The van der Waals surface area contributed by atoms with Gasteiger partial charge in [0.25, 0.3) is 0 Å². The third-order valence-electron chi connectivity index (χ3n) is 9.21. The van der Waals surface area contributed by atoms with E-state index in [4.69, 9.17) is 9.97 Å². The van der Waals surface area contributed by atoms with Crippen molar-refractivity contribution in [2.24, 2.45) is 0 Å². The number of fused-ring (bicyclic) bond motifs is 8. The molecular formula is C37H46N4O. The Morgan fingerprint density at radius 3 is 1.64 bits per heavy atom. The van der Waals surface area contributed by atoms with Crippen LogP contribution < -0.4 is 0 Å². The Morgan fingerprint density at radius 1 is 0.619 bits per heavy atom. The molecule has 0 saturated heterocycles. The fraction of sp³-hybridized carbons (Fsp3) is 0.432. The second-order valence-corrected chi connectivity index (χ2v) is 11.1. The number of aromatic nitrogens is 4. The number of hydrogen-bond acceptors (Lipinski definition) is 3. The predicted octanol–water partition coefficient (Wildman–Crippen LogP) is 8.87. The van der Waals surface area contributed by atoms with Gasteiger partial charge in [-0.15, -0.1) is 0 Å². The summed E-state index contributed by atoms with van der Waals surface area (Å²) in [5.74, 6) is 0. The van der Waals surface area contributed by atoms with E-state index in [1.165, 1.54) is 38.9 Å². The molecule has 8 bridgehead atoms. The lowest BCUT2D eigenvalue weighted by atomic mass is 9.95. The number of allylic oxidation sites excluding steroid dienone is 2. The maximum Gasteiger partial charge on any atom is 0.152 e. The van der Waals surface area contributed by atoms with Crippen LogP contribution in [0, 0.1) is 0 Å². The number of H-pyrrole nitrogens is 1. The quantitative estimate of drug-likeness (QED) is 0.207. The van der Waals surface area contributed by atoms with Gasteiger partial charge in [-0.05, 0) is 92.9 Å². The van der Waals surface area contributed by atoms with Gasteiger partial charge in [0, 0.05) is 45.4 Å². The predicted molar refractivity (Wildman–Crippen MR) is 179 cm³/mol. The topological polar surface area (TPSA) is 63.6 Å². The SMILES string of the molecule is CCC1=C(C=O)c2nc1c(CC)c1c(CC)c(CC)c(c(CC)c3nc(c(CC)c4ccc([nH]4)c2CC)C=C3)n1CC. The fourth-order valence-corrected chi connectivity index (χ4v) is 7.32. The maximum atomic E-state index is 12.8. The number of rotatable bonds is 9. The highest BCUT2D eigenvalue weighted by atomic mass is 16.1. The van der Waals surface area contributed by atoms with E-state index in [-0.39, 0.29) is 0 Å². The molecule has 220 valence electrons. The zero-order valence-corrected chi connectivity index (χ0v) is 26.8. The second-order valence-electron chi connectivity index (χ2n) is 11.1. The average Bonchev–Trinajstić information content (AvgIpc) is 3.80. The number of aromatic amines is 1. The van der Waals surface area contributed by atoms with Gasteiger partial charge in [-0.25, -0.2) is 9.97 Å². The molecule has 0 unspecified atom stereocenters. The van der Waals surface area contributed by atoms with Crippen molar-refractivity contribution >= 4 is 51.7 Å². The van der Waals surface area contributed by atoms with Gasteiger partial charge < -0.3 is 9.55 Å². The van der Waals surface area contributed by atoms with Crippen LogP contribution in [0.25, 0.3) is 45.4 Å². The molecule has 0 aliphatic carbocycles. The van der Waals surface area contributed by atoms with Gasteiger partial charge in [0.15, 0.2) is 6.29 Å². The van der Waals surface area contributed by atoms with Crippen LogP contribution in [0.3, 0.4) is 0 Å². The van der Waals surface area contributed by atoms with Gasteiger partial charge >= 0.3 is 0 Å². The molecular weight excluding hydrogens is 516 g/mol. The summed E-state index contributed by atoms with van der Waals surface area (Å²) in [5, 5.41) is 0. The monoisotopic (exact) mass is 562 g/mol. The molecule has 1 N–H and O–H groups in total. The van der Waals surface area contributed by atoms with Gasteiger partial charge in [-0.1, -0.05) is 48.5 Å². The zero-order chi connectivity index (χ0) is 30.1. The first-order valence-corrected chi connectivity index (χ1v) is 16.1. The smallest absolute Gasteiger partial charge is 0.152 e. The Balaban J connectivity index is 2.20. The molecule has 0 saturated carbocycles. The number of nitrogens with zero attached hydrogens (tertiary/aromatic N) is 3. The van der Waals surface area contributed by atoms with Gasteiger partial charge in [0.05, 0.1) is 33.8 Å². The number of nitrogens with one attached hydrogen (secondary N) is 1. The van der Waals surface area contributed by atoms with Crippen molar-refractivity contribution < 1.29 is 4.79 Å². The van der Waals surface area contributed by atoms with E-state index in [1.807, 2.05) is 0 Å². The van der Waals surface area contributed by atoms with Crippen molar-refractivity contribution in [3.8, 4) is 0 Å². The highest BCUT2D eigenvalue weighted by Gasteiger charge is 2.27. The molecule has 2 aliphatic heterocycles. The molecule has 5 heterocycles. The Hall–Kier alpha value is -3.73. The Kier molecular flexibility index (Phi) is 8.68. The standard InChI is InChI=1S/C37H46N4O/c1-9-22-29(21-42)35-26(13-5)32-19-17-30(38-32)25(12-4)31-18-20-33(39-31)27(14-6)36-23(10-2)24(11-3)37(41(36)16-8)28(15-7)34(22)40-35/h17-21,38H,9-16H2,1-8H3. The summed E-state index contributed by atoms with van der Waals surface area (Å²) in [6, 6.07) is 4.30. The molecule has 3 aromatic rings. The minimum Gasteiger partial charge on any atom is -0.355 e. The lowest BCUT2D eigenvalue weighted by Gasteiger charge is -2.12. The van der Waals surface area contributed by atoms with E-state index in [2.05, 4.69) is 89.2 Å². The summed E-state index contributed by atoms with van der Waals surface area (Å²) in [6.07, 6.45) is 11.5. The van der Waals surface area contributed by atoms with Crippen LogP contribution in [-0.2, 0) is 49.9 Å². The zero-order valence-electron chi connectivity index (χ0n) is 26.8. The van der Waals surface area contributed by atoms with E-state index in [9.17, 15) is 4.79 Å². The minimum atomic E-state index is 0.738. The molecule has 5 nitrogen and oxygen atoms in total. The summed E-state index contributed by atoms with van der Waals surface area (Å²) in [7, 11) is 0. The van der Waals surface area contributed by atoms with Crippen molar-refractivity contribution in [3.05, 3.63) is 68.3 Å². The molecule has 0 atom stereocenters. The number of aldehydes is 1. The van der Waals surface area contributed by atoms with Crippen LogP contribution >= 0.6 is 0 Å². The third-order valence-corrected chi connectivity index (χ3v) is 9.21.